The molecule has 0 bridgehead atoms. The minimum Gasteiger partial charge on any atom is -0.390 e. The minimum absolute atomic E-state index is 0.00830. The van der Waals surface area contributed by atoms with Crippen LogP contribution >= 0.6 is 0 Å². The molecular weight excluding hydrogens is 330 g/mol. The molecule has 1 aliphatic carbocycles. The first kappa shape index (κ1) is 17.5. The van der Waals surface area contributed by atoms with Crippen LogP contribution in [0.2, 0.25) is 0 Å². The lowest BCUT2D eigenvalue weighted by Gasteiger charge is -2.40. The maximum atomic E-state index is 12.5. The third-order valence-electron chi connectivity index (χ3n) is 6.18. The Balaban J connectivity index is 1.31. The van der Waals surface area contributed by atoms with Gasteiger partial charge in [0.05, 0.1) is 16.6 Å². The van der Waals surface area contributed by atoms with E-state index < -0.39 is 5.60 Å². The quantitative estimate of drug-likeness (QED) is 0.862. The highest BCUT2D eigenvalue weighted by Gasteiger charge is 2.48. The molecule has 0 radical (unpaired) electrons. The van der Waals surface area contributed by atoms with Crippen molar-refractivity contribution in [3.8, 4) is 0 Å². The van der Waals surface area contributed by atoms with Gasteiger partial charge < -0.3 is 19.7 Å². The van der Waals surface area contributed by atoms with Gasteiger partial charge in [0.25, 0.3) is 0 Å². The second-order valence-electron chi connectivity index (χ2n) is 7.71. The van der Waals surface area contributed by atoms with Crippen LogP contribution in [0.5, 0.6) is 0 Å². The van der Waals surface area contributed by atoms with Crippen molar-refractivity contribution >= 4 is 16.9 Å². The molecule has 6 heteroatoms. The summed E-state index contributed by atoms with van der Waals surface area (Å²) in [7, 11) is 0. The summed E-state index contributed by atoms with van der Waals surface area (Å²) in [4.78, 5) is 22.1. The molecule has 2 heterocycles. The van der Waals surface area contributed by atoms with E-state index in [-0.39, 0.29) is 18.4 Å². The average molecular weight is 357 g/mol. The molecule has 0 unspecified atom stereocenters. The maximum absolute atomic E-state index is 12.5. The van der Waals surface area contributed by atoms with Crippen LogP contribution in [0.25, 0.3) is 11.0 Å². The molecule has 2 fully saturated rings. The van der Waals surface area contributed by atoms with Gasteiger partial charge in [0.15, 0.2) is 0 Å². The number of nitrogens with one attached hydrogen (secondary N) is 1. The molecule has 3 atom stereocenters. The molecular formula is C20H27N3O3. The summed E-state index contributed by atoms with van der Waals surface area (Å²) in [6.45, 7) is 3.80. The Bertz CT molecular complexity index is 756. The number of benzene rings is 1. The zero-order valence-electron chi connectivity index (χ0n) is 15.3. The molecule has 6 nitrogen and oxygen atoms in total. The predicted octanol–water partition coefficient (Wildman–Crippen LogP) is 2.48. The molecule has 1 aromatic carbocycles. The van der Waals surface area contributed by atoms with Crippen LogP contribution in [0, 0.1) is 11.8 Å². The molecule has 1 amide bonds. The number of rotatable bonds is 5. The van der Waals surface area contributed by atoms with Crippen molar-refractivity contribution in [3.05, 3.63) is 30.1 Å². The van der Waals surface area contributed by atoms with E-state index in [2.05, 4.69) is 9.97 Å². The van der Waals surface area contributed by atoms with E-state index in [0.717, 1.165) is 49.1 Å². The van der Waals surface area contributed by atoms with Gasteiger partial charge in [-0.05, 0) is 37.3 Å². The Morgan fingerprint density at radius 3 is 3.08 bits per heavy atom. The Morgan fingerprint density at radius 1 is 1.42 bits per heavy atom. The van der Waals surface area contributed by atoms with E-state index >= 15 is 0 Å². The number of amides is 1. The molecule has 2 N–H and O–H groups in total. The lowest BCUT2D eigenvalue weighted by atomic mass is 9.69. The molecule has 1 aliphatic heterocycles. The van der Waals surface area contributed by atoms with Gasteiger partial charge in [0.1, 0.15) is 19.0 Å². The zero-order chi connectivity index (χ0) is 18.1. The average Bonchev–Trinajstić information content (AvgIpc) is 3.26. The third-order valence-corrected chi connectivity index (χ3v) is 6.18. The second kappa shape index (κ2) is 7.00. The monoisotopic (exact) mass is 357 g/mol. The fourth-order valence-corrected chi connectivity index (χ4v) is 4.67. The molecule has 1 saturated carbocycles. The lowest BCUT2D eigenvalue weighted by Crippen LogP contribution is -2.44. The Kier molecular flexibility index (Phi) is 4.71. The smallest absolute Gasteiger partial charge is 0.248 e. The highest BCUT2D eigenvalue weighted by atomic mass is 16.5. The van der Waals surface area contributed by atoms with E-state index in [1.54, 1.807) is 0 Å². The van der Waals surface area contributed by atoms with Crippen LogP contribution in [-0.4, -0.2) is 51.2 Å². The first-order chi connectivity index (χ1) is 12.6. The number of hydrogen-bond acceptors (Lipinski definition) is 4. The van der Waals surface area contributed by atoms with Crippen molar-refractivity contribution in [1.29, 1.82) is 0 Å². The van der Waals surface area contributed by atoms with Crippen molar-refractivity contribution < 1.29 is 14.6 Å². The van der Waals surface area contributed by atoms with Gasteiger partial charge in [-0.1, -0.05) is 25.5 Å². The number of likely N-dealkylation sites (tertiary alicyclic amines) is 1. The largest absolute Gasteiger partial charge is 0.390 e. The summed E-state index contributed by atoms with van der Waals surface area (Å²) >= 11 is 0. The second-order valence-corrected chi connectivity index (χ2v) is 7.71. The highest BCUT2D eigenvalue weighted by molar-refractivity contribution is 5.78. The molecule has 26 heavy (non-hydrogen) atoms. The lowest BCUT2D eigenvalue weighted by molar-refractivity contribution is -0.136. The fourth-order valence-electron chi connectivity index (χ4n) is 4.67. The van der Waals surface area contributed by atoms with Crippen molar-refractivity contribution in [2.45, 2.75) is 44.8 Å². The number of para-hydroxylation sites is 2. The van der Waals surface area contributed by atoms with Crippen LogP contribution < -0.4 is 0 Å². The number of hydrogen-bond donors (Lipinski definition) is 2. The van der Waals surface area contributed by atoms with Gasteiger partial charge in [-0.25, -0.2) is 4.98 Å². The molecule has 1 aromatic heterocycles. The maximum Gasteiger partial charge on any atom is 0.248 e. The number of aromatic nitrogens is 2. The minimum atomic E-state index is -0.604. The van der Waals surface area contributed by atoms with Crippen LogP contribution in [0.1, 0.15) is 38.4 Å². The molecule has 2 aliphatic rings. The standard InChI is InChI=1S/C20H27N3O3/c1-2-20(25)9-5-6-14-10-23(11-15(14)20)19(24)13-26-12-18-21-16-7-3-4-8-17(16)22-18/h3-4,7-8,14-15,25H,2,5-6,9-13H2,1H3,(H,21,22)/t14-,15+,20-/m0/s1. The Hall–Kier alpha value is -1.92. The van der Waals surface area contributed by atoms with E-state index in [9.17, 15) is 9.90 Å². The predicted molar refractivity (Wildman–Crippen MR) is 98.4 cm³/mol. The topological polar surface area (TPSA) is 78.4 Å². The normalized spacial score (nSPS) is 28.5. The summed E-state index contributed by atoms with van der Waals surface area (Å²) in [6.07, 6.45) is 3.78. The van der Waals surface area contributed by atoms with Crippen molar-refractivity contribution in [3.63, 3.8) is 0 Å². The van der Waals surface area contributed by atoms with Gasteiger partial charge in [0, 0.05) is 19.0 Å². The Morgan fingerprint density at radius 2 is 2.27 bits per heavy atom. The van der Waals surface area contributed by atoms with Crippen LogP contribution in [-0.2, 0) is 16.1 Å². The molecule has 4 rings (SSSR count). The van der Waals surface area contributed by atoms with Crippen molar-refractivity contribution in [2.75, 3.05) is 19.7 Å². The number of fused-ring (bicyclic) bond motifs is 2. The fraction of sp³-hybridized carbons (Fsp3) is 0.600. The third kappa shape index (κ3) is 3.23. The van der Waals surface area contributed by atoms with Crippen molar-refractivity contribution in [2.24, 2.45) is 11.8 Å². The van der Waals surface area contributed by atoms with E-state index in [4.69, 9.17) is 4.74 Å². The number of imidazole rings is 1. The molecule has 1 saturated heterocycles. The summed E-state index contributed by atoms with van der Waals surface area (Å²) in [5, 5.41) is 10.9. The van der Waals surface area contributed by atoms with Gasteiger partial charge in [-0.15, -0.1) is 0 Å². The van der Waals surface area contributed by atoms with E-state index in [1.165, 1.54) is 0 Å². The first-order valence-electron chi connectivity index (χ1n) is 9.60. The summed E-state index contributed by atoms with van der Waals surface area (Å²) in [6, 6.07) is 7.82. The zero-order valence-corrected chi connectivity index (χ0v) is 15.3. The number of ether oxygens (including phenoxy) is 1. The summed E-state index contributed by atoms with van der Waals surface area (Å²) < 4.78 is 5.61. The van der Waals surface area contributed by atoms with Gasteiger partial charge in [-0.3, -0.25) is 4.79 Å². The van der Waals surface area contributed by atoms with Gasteiger partial charge in [-0.2, -0.15) is 0 Å². The van der Waals surface area contributed by atoms with E-state index in [0.29, 0.717) is 19.1 Å². The number of aliphatic hydroxyl groups is 1. The number of carbonyl (C=O) groups is 1. The van der Waals surface area contributed by atoms with Crippen molar-refractivity contribution in [1.82, 2.24) is 14.9 Å². The first-order valence-corrected chi connectivity index (χ1v) is 9.60. The molecule has 140 valence electrons. The number of carbonyl (C=O) groups excluding carboxylic acids is 1. The SMILES string of the molecule is CC[C@]1(O)CCC[C@H]2CN(C(=O)COCc3nc4ccccc4[nH]3)C[C@H]21. The molecule has 2 aromatic rings. The van der Waals surface area contributed by atoms with E-state index in [1.807, 2.05) is 36.1 Å². The summed E-state index contributed by atoms with van der Waals surface area (Å²) in [5.41, 5.74) is 1.27. The number of nitrogens with zero attached hydrogens (tertiary/aromatic N) is 2. The van der Waals surface area contributed by atoms with Gasteiger partial charge in [0.2, 0.25) is 5.91 Å². The molecule has 0 spiro atoms. The number of H-pyrrole nitrogens is 1. The summed E-state index contributed by atoms with van der Waals surface area (Å²) in [5.74, 6) is 1.37. The van der Waals surface area contributed by atoms with Crippen LogP contribution in [0.4, 0.5) is 0 Å². The highest BCUT2D eigenvalue weighted by Crippen LogP contribution is 2.44. The van der Waals surface area contributed by atoms with Crippen LogP contribution in [0.3, 0.4) is 0 Å². The Labute approximate surface area is 153 Å². The number of aromatic amines is 1. The van der Waals surface area contributed by atoms with Gasteiger partial charge >= 0.3 is 0 Å². The van der Waals surface area contributed by atoms with Crippen LogP contribution in [0.15, 0.2) is 24.3 Å².